The molecule has 0 bridgehead atoms. The number of hydrogen-bond acceptors (Lipinski definition) is 4. The van der Waals surface area contributed by atoms with Gasteiger partial charge in [0.25, 0.3) is 0 Å². The number of aromatic nitrogens is 2. The van der Waals surface area contributed by atoms with Gasteiger partial charge in [-0.3, -0.25) is 19.1 Å². The molecule has 1 aromatic heterocycles. The fourth-order valence-corrected chi connectivity index (χ4v) is 3.71. The number of para-hydroxylation sites is 1. The van der Waals surface area contributed by atoms with Crippen molar-refractivity contribution < 1.29 is 9.59 Å². The third-order valence-corrected chi connectivity index (χ3v) is 5.45. The minimum Gasteiger partial charge on any atom is -0.356 e. The summed E-state index contributed by atoms with van der Waals surface area (Å²) in [5.41, 5.74) is 0.483. The van der Waals surface area contributed by atoms with Crippen LogP contribution in [0.5, 0.6) is 0 Å². The first-order valence-corrected chi connectivity index (χ1v) is 10.0. The third-order valence-electron chi connectivity index (χ3n) is 5.45. The summed E-state index contributed by atoms with van der Waals surface area (Å²) in [4.78, 5) is 39.2. The van der Waals surface area contributed by atoms with Crippen LogP contribution in [-0.2, 0) is 16.1 Å². The third kappa shape index (κ3) is 4.40. The van der Waals surface area contributed by atoms with E-state index in [1.54, 1.807) is 27.8 Å². The van der Waals surface area contributed by atoms with E-state index in [-0.39, 0.29) is 35.7 Å². The van der Waals surface area contributed by atoms with Crippen molar-refractivity contribution >= 4 is 22.7 Å². The van der Waals surface area contributed by atoms with Gasteiger partial charge in [0.1, 0.15) is 6.54 Å². The number of rotatable bonds is 6. The van der Waals surface area contributed by atoms with Gasteiger partial charge in [0.2, 0.25) is 17.2 Å². The molecule has 2 unspecified atom stereocenters. The van der Waals surface area contributed by atoms with E-state index in [4.69, 9.17) is 0 Å². The molecule has 1 aromatic carbocycles. The predicted octanol–water partition coefficient (Wildman–Crippen LogP) is 1.94. The van der Waals surface area contributed by atoms with E-state index >= 15 is 0 Å². The SMILES string of the molecule is CCCCNC(=O)C1CCC(C)N(C(=O)Cn2ncc(=O)c3ccccc32)C1. The van der Waals surface area contributed by atoms with Gasteiger partial charge < -0.3 is 10.2 Å². The maximum Gasteiger partial charge on any atom is 0.244 e. The van der Waals surface area contributed by atoms with Gasteiger partial charge in [-0.05, 0) is 38.3 Å². The van der Waals surface area contributed by atoms with Gasteiger partial charge >= 0.3 is 0 Å². The normalized spacial score (nSPS) is 19.6. The van der Waals surface area contributed by atoms with E-state index in [2.05, 4.69) is 17.3 Å². The van der Waals surface area contributed by atoms with Gasteiger partial charge in [-0.2, -0.15) is 5.10 Å². The van der Waals surface area contributed by atoms with E-state index in [9.17, 15) is 14.4 Å². The van der Waals surface area contributed by atoms with Crippen molar-refractivity contribution in [2.24, 2.45) is 5.92 Å². The van der Waals surface area contributed by atoms with Crippen LogP contribution in [0.2, 0.25) is 0 Å². The molecule has 150 valence electrons. The van der Waals surface area contributed by atoms with Crippen LogP contribution >= 0.6 is 0 Å². The summed E-state index contributed by atoms with van der Waals surface area (Å²) in [5.74, 6) is -0.222. The number of carbonyl (C=O) groups excluding carboxylic acids is 2. The second-order valence-electron chi connectivity index (χ2n) is 7.50. The lowest BCUT2D eigenvalue weighted by atomic mass is 9.92. The second kappa shape index (κ2) is 8.99. The maximum absolute atomic E-state index is 13.0. The Bertz CT molecular complexity index is 908. The zero-order valence-corrected chi connectivity index (χ0v) is 16.6. The lowest BCUT2D eigenvalue weighted by molar-refractivity contribution is -0.139. The molecule has 2 amide bonds. The second-order valence-corrected chi connectivity index (χ2v) is 7.50. The van der Waals surface area contributed by atoms with Gasteiger partial charge in [0.15, 0.2) is 0 Å². The van der Waals surface area contributed by atoms with Gasteiger partial charge in [-0.25, -0.2) is 0 Å². The summed E-state index contributed by atoms with van der Waals surface area (Å²) >= 11 is 0. The minimum absolute atomic E-state index is 0.0325. The molecule has 1 fully saturated rings. The molecule has 0 radical (unpaired) electrons. The van der Waals surface area contributed by atoms with Crippen LogP contribution in [0.25, 0.3) is 10.9 Å². The molecule has 7 heteroatoms. The summed E-state index contributed by atoms with van der Waals surface area (Å²) in [6.07, 6.45) is 4.84. The van der Waals surface area contributed by atoms with Crippen LogP contribution in [0.4, 0.5) is 0 Å². The Labute approximate surface area is 164 Å². The minimum atomic E-state index is -0.171. The van der Waals surface area contributed by atoms with Crippen molar-refractivity contribution in [1.29, 1.82) is 0 Å². The molecule has 0 spiro atoms. The van der Waals surface area contributed by atoms with Crippen LogP contribution in [0.15, 0.2) is 35.3 Å². The van der Waals surface area contributed by atoms with Gasteiger partial charge in [0.05, 0.1) is 17.6 Å². The van der Waals surface area contributed by atoms with Crippen LogP contribution in [0.1, 0.15) is 39.5 Å². The average Bonchev–Trinajstić information content (AvgIpc) is 2.70. The molecule has 0 saturated carbocycles. The summed E-state index contributed by atoms with van der Waals surface area (Å²) in [6.45, 7) is 5.26. The number of nitrogens with zero attached hydrogens (tertiary/aromatic N) is 3. The highest BCUT2D eigenvalue weighted by atomic mass is 16.2. The summed E-state index contributed by atoms with van der Waals surface area (Å²) in [6, 6.07) is 7.23. The molecule has 0 aliphatic carbocycles. The Kier molecular flexibility index (Phi) is 6.44. The van der Waals surface area contributed by atoms with Gasteiger partial charge in [-0.15, -0.1) is 0 Å². The quantitative estimate of drug-likeness (QED) is 0.772. The predicted molar refractivity (Wildman–Crippen MR) is 108 cm³/mol. The van der Waals surface area contributed by atoms with Gasteiger partial charge in [0, 0.05) is 24.5 Å². The van der Waals surface area contributed by atoms with E-state index in [0.29, 0.717) is 24.0 Å². The smallest absolute Gasteiger partial charge is 0.244 e. The number of nitrogens with one attached hydrogen (secondary N) is 1. The lowest BCUT2D eigenvalue weighted by Gasteiger charge is -2.37. The Morgan fingerprint density at radius 1 is 1.25 bits per heavy atom. The van der Waals surface area contributed by atoms with Crippen molar-refractivity contribution in [3.05, 3.63) is 40.7 Å². The number of benzene rings is 1. The first-order valence-electron chi connectivity index (χ1n) is 10.0. The number of unbranched alkanes of at least 4 members (excludes halogenated alkanes) is 1. The molecule has 28 heavy (non-hydrogen) atoms. The summed E-state index contributed by atoms with van der Waals surface area (Å²) in [7, 11) is 0. The highest BCUT2D eigenvalue weighted by Crippen LogP contribution is 2.23. The molecule has 1 aliphatic rings. The topological polar surface area (TPSA) is 84.3 Å². The van der Waals surface area contributed by atoms with Crippen LogP contribution < -0.4 is 10.7 Å². The Morgan fingerprint density at radius 2 is 2.04 bits per heavy atom. The molecular formula is C21H28N4O3. The molecule has 2 atom stereocenters. The molecule has 1 aliphatic heterocycles. The van der Waals surface area contributed by atoms with Crippen molar-refractivity contribution in [2.45, 2.75) is 52.1 Å². The van der Waals surface area contributed by atoms with Crippen LogP contribution in [-0.4, -0.2) is 45.6 Å². The lowest BCUT2D eigenvalue weighted by Crippen LogP contribution is -2.50. The van der Waals surface area contributed by atoms with E-state index < -0.39 is 0 Å². The van der Waals surface area contributed by atoms with Crippen molar-refractivity contribution in [3.8, 4) is 0 Å². The number of likely N-dealkylation sites (tertiary alicyclic amines) is 1. The Balaban J connectivity index is 1.72. The Hall–Kier alpha value is -2.70. The van der Waals surface area contributed by atoms with Crippen molar-refractivity contribution in [1.82, 2.24) is 20.0 Å². The highest BCUT2D eigenvalue weighted by Gasteiger charge is 2.32. The number of carbonyl (C=O) groups is 2. The highest BCUT2D eigenvalue weighted by molar-refractivity contribution is 5.83. The summed E-state index contributed by atoms with van der Waals surface area (Å²) in [5, 5.41) is 7.67. The molecule has 1 saturated heterocycles. The summed E-state index contributed by atoms with van der Waals surface area (Å²) < 4.78 is 1.57. The fraction of sp³-hybridized carbons (Fsp3) is 0.524. The van der Waals surface area contributed by atoms with Crippen LogP contribution in [0.3, 0.4) is 0 Å². The molecule has 3 rings (SSSR count). The number of hydrogen-bond donors (Lipinski definition) is 1. The van der Waals surface area contributed by atoms with E-state index in [1.165, 1.54) is 6.20 Å². The number of fused-ring (bicyclic) bond motifs is 1. The standard InChI is InChI=1S/C21H28N4O3/c1-3-4-11-22-21(28)16-10-9-15(2)24(13-16)20(27)14-25-18-8-6-5-7-17(18)19(26)12-23-25/h5-8,12,15-16H,3-4,9-11,13-14H2,1-2H3,(H,22,28). The van der Waals surface area contributed by atoms with E-state index in [1.807, 2.05) is 13.0 Å². The Morgan fingerprint density at radius 3 is 2.82 bits per heavy atom. The monoisotopic (exact) mass is 384 g/mol. The zero-order chi connectivity index (χ0) is 20.1. The van der Waals surface area contributed by atoms with Crippen molar-refractivity contribution in [3.63, 3.8) is 0 Å². The largest absolute Gasteiger partial charge is 0.356 e. The van der Waals surface area contributed by atoms with Crippen LogP contribution in [0, 0.1) is 5.92 Å². The molecule has 2 aromatic rings. The number of piperidine rings is 1. The van der Waals surface area contributed by atoms with E-state index in [0.717, 1.165) is 25.7 Å². The zero-order valence-electron chi connectivity index (χ0n) is 16.6. The first-order chi connectivity index (χ1) is 13.5. The average molecular weight is 384 g/mol. The first kappa shape index (κ1) is 20.0. The molecular weight excluding hydrogens is 356 g/mol. The van der Waals surface area contributed by atoms with Gasteiger partial charge in [-0.1, -0.05) is 25.5 Å². The number of amides is 2. The maximum atomic E-state index is 13.0. The molecule has 7 nitrogen and oxygen atoms in total. The fourth-order valence-electron chi connectivity index (χ4n) is 3.71. The van der Waals surface area contributed by atoms with Crippen molar-refractivity contribution in [2.75, 3.05) is 13.1 Å². The molecule has 1 N–H and O–H groups in total. The molecule has 2 heterocycles.